The third kappa shape index (κ3) is 6.30. The number of hydrogen-bond acceptors (Lipinski definition) is 6. The summed E-state index contributed by atoms with van der Waals surface area (Å²) in [6, 6.07) is 8.88. The third-order valence-electron chi connectivity index (χ3n) is 4.97. The first kappa shape index (κ1) is 23.9. The largest absolute Gasteiger partial charge is 0.496 e. The van der Waals surface area contributed by atoms with Gasteiger partial charge >= 0.3 is 0 Å². The molecule has 8 nitrogen and oxygen atoms in total. The molecule has 1 aromatic heterocycles. The minimum absolute atomic E-state index is 0. The molecule has 3 rings (SSSR count). The smallest absolute Gasteiger partial charge is 0.255 e. The zero-order valence-electron chi connectivity index (χ0n) is 17.1. The molecular formula is C21H28ClN3O5. The number of hydrogen-bond donors (Lipinski definition) is 1. The minimum atomic E-state index is -0.153. The van der Waals surface area contributed by atoms with E-state index in [1.807, 2.05) is 12.1 Å². The fourth-order valence-electron chi connectivity index (χ4n) is 3.43. The average molecular weight is 438 g/mol. The van der Waals surface area contributed by atoms with Gasteiger partial charge in [-0.2, -0.15) is 0 Å². The molecule has 2 heterocycles. The Balaban J connectivity index is 0.00000320. The number of nitrogens with one attached hydrogen (secondary N) is 1. The molecule has 1 aliphatic rings. The Morgan fingerprint density at radius 2 is 2.10 bits per heavy atom. The third-order valence-corrected chi connectivity index (χ3v) is 5.18. The molecule has 9 heteroatoms. The number of piperidine rings is 1. The molecule has 164 valence electrons. The quantitative estimate of drug-likeness (QED) is 0.675. The summed E-state index contributed by atoms with van der Waals surface area (Å²) in [6.45, 7) is 2.83. The highest BCUT2D eigenvalue weighted by atomic mass is 35.5. The van der Waals surface area contributed by atoms with Crippen LogP contribution in [0.1, 0.15) is 16.8 Å². The Kier molecular flexibility index (Phi) is 9.32. The lowest BCUT2D eigenvalue weighted by atomic mass is 10.0. The number of pyridine rings is 1. The van der Waals surface area contributed by atoms with Gasteiger partial charge in [-0.3, -0.25) is 14.7 Å². The van der Waals surface area contributed by atoms with E-state index in [9.17, 15) is 4.79 Å². The Morgan fingerprint density at radius 3 is 2.83 bits per heavy atom. The number of benzene rings is 1. The normalized spacial score (nSPS) is 18.9. The van der Waals surface area contributed by atoms with Crippen molar-refractivity contribution in [2.24, 2.45) is 0 Å². The van der Waals surface area contributed by atoms with Crippen molar-refractivity contribution in [3.63, 3.8) is 0 Å². The van der Waals surface area contributed by atoms with Crippen LogP contribution < -0.4 is 14.8 Å². The molecule has 2 atom stereocenters. The van der Waals surface area contributed by atoms with E-state index in [2.05, 4.69) is 15.2 Å². The van der Waals surface area contributed by atoms with E-state index in [-0.39, 0.29) is 23.5 Å². The molecule has 2 unspecified atom stereocenters. The lowest BCUT2D eigenvalue weighted by Crippen LogP contribution is -2.55. The van der Waals surface area contributed by atoms with Gasteiger partial charge in [-0.25, -0.2) is 0 Å². The van der Waals surface area contributed by atoms with E-state index < -0.39 is 0 Å². The second-order valence-electron chi connectivity index (χ2n) is 6.83. The molecule has 1 aliphatic heterocycles. The molecule has 0 aliphatic carbocycles. The van der Waals surface area contributed by atoms with Crippen LogP contribution >= 0.6 is 11.6 Å². The van der Waals surface area contributed by atoms with Crippen molar-refractivity contribution < 1.29 is 24.5 Å². The number of halogens is 1. The Bertz CT molecular complexity index is 823. The number of carbonyl (C=O) groups excluding carboxylic acids is 1. The maximum atomic E-state index is 12.7. The van der Waals surface area contributed by atoms with Gasteiger partial charge < -0.3 is 25.0 Å². The van der Waals surface area contributed by atoms with E-state index >= 15 is 0 Å². The molecule has 0 saturated carbocycles. The summed E-state index contributed by atoms with van der Waals surface area (Å²) in [5.74, 6) is 1.06. The second-order valence-corrected chi connectivity index (χ2v) is 7.27. The van der Waals surface area contributed by atoms with Crippen molar-refractivity contribution in [2.45, 2.75) is 18.6 Å². The van der Waals surface area contributed by atoms with Crippen LogP contribution in [0.5, 0.6) is 11.5 Å². The zero-order valence-corrected chi connectivity index (χ0v) is 17.9. The highest BCUT2D eigenvalue weighted by Crippen LogP contribution is 2.20. The molecule has 1 amide bonds. The summed E-state index contributed by atoms with van der Waals surface area (Å²) in [5.41, 5.74) is 0.524. The minimum Gasteiger partial charge on any atom is -0.496 e. The maximum Gasteiger partial charge on any atom is 0.255 e. The number of para-hydroxylation sites is 1. The first-order valence-corrected chi connectivity index (χ1v) is 9.91. The summed E-state index contributed by atoms with van der Waals surface area (Å²) in [5, 5.41) is 3.64. The van der Waals surface area contributed by atoms with Crippen molar-refractivity contribution >= 4 is 17.5 Å². The number of nitrogens with zero attached hydrogens (tertiary/aromatic N) is 2. The van der Waals surface area contributed by atoms with Crippen LogP contribution in [-0.2, 0) is 4.74 Å². The summed E-state index contributed by atoms with van der Waals surface area (Å²) in [6.07, 6.45) is 3.90. The van der Waals surface area contributed by atoms with E-state index in [1.54, 1.807) is 44.8 Å². The molecule has 0 bridgehead atoms. The van der Waals surface area contributed by atoms with Crippen molar-refractivity contribution in [3.05, 3.63) is 53.3 Å². The molecule has 30 heavy (non-hydrogen) atoms. The standard InChI is InChI=1S/C21H26ClN3O4.H2O/c1-27-19-6-4-3-5-17(19)21(26)24-18-7-8-25(14-20(18)28-2)9-10-29-16-11-15(22)12-23-13-16;/h3-6,11-13,18,20H,7-10,14H2,1-2H3,(H,24,26);1H2. The summed E-state index contributed by atoms with van der Waals surface area (Å²) in [7, 11) is 3.23. The van der Waals surface area contributed by atoms with Crippen LogP contribution in [-0.4, -0.2) is 73.9 Å². The summed E-state index contributed by atoms with van der Waals surface area (Å²) in [4.78, 5) is 19.0. The Labute approximate surface area is 181 Å². The van der Waals surface area contributed by atoms with Gasteiger partial charge in [-0.05, 0) is 18.6 Å². The van der Waals surface area contributed by atoms with Gasteiger partial charge in [0.15, 0.2) is 0 Å². The predicted molar refractivity (Wildman–Crippen MR) is 114 cm³/mol. The monoisotopic (exact) mass is 437 g/mol. The molecule has 1 saturated heterocycles. The lowest BCUT2D eigenvalue weighted by molar-refractivity contribution is 0.00321. The number of carbonyl (C=O) groups is 1. The molecule has 3 N–H and O–H groups in total. The van der Waals surface area contributed by atoms with E-state index in [4.69, 9.17) is 25.8 Å². The van der Waals surface area contributed by atoms with Crippen molar-refractivity contribution in [3.8, 4) is 11.5 Å². The van der Waals surface area contributed by atoms with E-state index in [0.717, 1.165) is 19.5 Å². The van der Waals surface area contributed by atoms with Crippen molar-refractivity contribution in [2.75, 3.05) is 40.5 Å². The first-order valence-electron chi connectivity index (χ1n) is 9.53. The predicted octanol–water partition coefficient (Wildman–Crippen LogP) is 1.82. The van der Waals surface area contributed by atoms with Gasteiger partial charge in [0.1, 0.15) is 18.1 Å². The number of amides is 1. The molecule has 0 spiro atoms. The molecular weight excluding hydrogens is 410 g/mol. The maximum absolute atomic E-state index is 12.7. The summed E-state index contributed by atoms with van der Waals surface area (Å²) < 4.78 is 16.7. The van der Waals surface area contributed by atoms with Crippen molar-refractivity contribution in [1.29, 1.82) is 0 Å². The number of likely N-dealkylation sites (tertiary alicyclic amines) is 1. The van der Waals surface area contributed by atoms with Gasteiger partial charge in [0.05, 0.1) is 36.0 Å². The first-order chi connectivity index (χ1) is 14.1. The van der Waals surface area contributed by atoms with Crippen LogP contribution in [0.3, 0.4) is 0 Å². The van der Waals surface area contributed by atoms with Gasteiger partial charge in [0, 0.05) is 39.0 Å². The average Bonchev–Trinajstić information content (AvgIpc) is 2.74. The second kappa shape index (κ2) is 11.7. The molecule has 1 aromatic carbocycles. The molecule has 1 fully saturated rings. The molecule has 0 radical (unpaired) electrons. The lowest BCUT2D eigenvalue weighted by Gasteiger charge is -2.38. The van der Waals surface area contributed by atoms with E-state index in [1.165, 1.54) is 0 Å². The van der Waals surface area contributed by atoms with Crippen LogP contribution in [0, 0.1) is 0 Å². The number of methoxy groups -OCH3 is 2. The molecule has 2 aromatic rings. The van der Waals surface area contributed by atoms with Gasteiger partial charge in [-0.1, -0.05) is 23.7 Å². The fourth-order valence-corrected chi connectivity index (χ4v) is 3.59. The Morgan fingerprint density at radius 1 is 1.30 bits per heavy atom. The summed E-state index contributed by atoms with van der Waals surface area (Å²) >= 11 is 5.92. The van der Waals surface area contributed by atoms with Crippen LogP contribution in [0.25, 0.3) is 0 Å². The Hall–Kier alpha value is -2.39. The fraction of sp³-hybridized carbons (Fsp3) is 0.429. The number of rotatable bonds is 8. The number of aromatic nitrogens is 1. The van der Waals surface area contributed by atoms with Crippen LogP contribution in [0.2, 0.25) is 5.02 Å². The van der Waals surface area contributed by atoms with Crippen LogP contribution in [0.4, 0.5) is 0 Å². The van der Waals surface area contributed by atoms with Gasteiger partial charge in [0.2, 0.25) is 0 Å². The highest BCUT2D eigenvalue weighted by molar-refractivity contribution is 6.30. The number of ether oxygens (including phenoxy) is 3. The van der Waals surface area contributed by atoms with Crippen LogP contribution in [0.15, 0.2) is 42.7 Å². The SMILES string of the molecule is COc1ccccc1C(=O)NC1CCN(CCOc2cncc(Cl)c2)CC1OC.O. The zero-order chi connectivity index (χ0) is 20.6. The van der Waals surface area contributed by atoms with Gasteiger partial charge in [0.25, 0.3) is 5.91 Å². The topological polar surface area (TPSA) is 104 Å². The van der Waals surface area contributed by atoms with Crippen molar-refractivity contribution in [1.82, 2.24) is 15.2 Å². The van der Waals surface area contributed by atoms with E-state index in [0.29, 0.717) is 35.2 Å². The van der Waals surface area contributed by atoms with Gasteiger partial charge in [-0.15, -0.1) is 0 Å². The highest BCUT2D eigenvalue weighted by Gasteiger charge is 2.31.